The molecule has 2 heteroatoms. The van der Waals surface area contributed by atoms with Gasteiger partial charge >= 0.3 is 0 Å². The summed E-state index contributed by atoms with van der Waals surface area (Å²) < 4.78 is 0. The minimum atomic E-state index is -0.0555. The number of hydrogen-bond acceptors (Lipinski definition) is 1. The molecule has 1 heterocycles. The number of pyridine rings is 1. The van der Waals surface area contributed by atoms with E-state index in [4.69, 9.17) is 0 Å². The van der Waals surface area contributed by atoms with Gasteiger partial charge < -0.3 is 4.98 Å². The van der Waals surface area contributed by atoms with Gasteiger partial charge in [-0.2, -0.15) is 0 Å². The van der Waals surface area contributed by atoms with Crippen molar-refractivity contribution in [2.75, 3.05) is 0 Å². The summed E-state index contributed by atoms with van der Waals surface area (Å²) in [7, 11) is 0. The van der Waals surface area contributed by atoms with Gasteiger partial charge in [0.2, 0.25) is 0 Å². The lowest BCUT2D eigenvalue weighted by molar-refractivity contribution is 0.573. The molecule has 1 aliphatic rings. The van der Waals surface area contributed by atoms with Gasteiger partial charge in [0.25, 0.3) is 0 Å². The van der Waals surface area contributed by atoms with Gasteiger partial charge in [0.1, 0.15) is 0 Å². The first kappa shape index (κ1) is 10.5. The highest BCUT2D eigenvalue weighted by Gasteiger charge is 2.22. The molecule has 0 aromatic carbocycles. The Balaban J connectivity index is 2.58. The van der Waals surface area contributed by atoms with E-state index in [1.54, 1.807) is 0 Å². The van der Waals surface area contributed by atoms with E-state index in [1.165, 1.54) is 12.1 Å². The maximum atomic E-state index is 12.2. The fourth-order valence-electron chi connectivity index (χ4n) is 2.26. The van der Waals surface area contributed by atoms with E-state index in [0.29, 0.717) is 0 Å². The second-order valence-electron chi connectivity index (χ2n) is 5.45. The average molecular weight is 205 g/mol. The number of aromatic nitrogens is 1. The summed E-state index contributed by atoms with van der Waals surface area (Å²) in [5.74, 6) is 0. The molecule has 1 aromatic rings. The summed E-state index contributed by atoms with van der Waals surface area (Å²) in [5.41, 5.74) is 3.34. The number of fused-ring (bicyclic) bond motifs is 1. The van der Waals surface area contributed by atoms with Crippen molar-refractivity contribution < 1.29 is 0 Å². The van der Waals surface area contributed by atoms with Crippen molar-refractivity contribution in [1.82, 2.24) is 4.98 Å². The van der Waals surface area contributed by atoms with E-state index >= 15 is 0 Å². The van der Waals surface area contributed by atoms with E-state index in [0.717, 1.165) is 30.4 Å². The van der Waals surface area contributed by atoms with Crippen LogP contribution in [0, 0.1) is 0 Å². The third kappa shape index (κ3) is 1.85. The van der Waals surface area contributed by atoms with Gasteiger partial charge in [-0.1, -0.05) is 20.8 Å². The summed E-state index contributed by atoms with van der Waals surface area (Å²) >= 11 is 0. The smallest absolute Gasteiger partial charge is 0.188 e. The monoisotopic (exact) mass is 205 g/mol. The fraction of sp³-hybridized carbons (Fsp3) is 0.615. The molecule has 0 atom stereocenters. The topological polar surface area (TPSA) is 32.9 Å². The van der Waals surface area contributed by atoms with Crippen LogP contribution in [0.15, 0.2) is 11.0 Å². The van der Waals surface area contributed by atoms with E-state index in [-0.39, 0.29) is 10.8 Å². The number of hydrogen-bond donors (Lipinski definition) is 1. The molecule has 0 saturated carbocycles. The van der Waals surface area contributed by atoms with Gasteiger partial charge in [0, 0.05) is 23.0 Å². The van der Waals surface area contributed by atoms with E-state index in [2.05, 4.69) is 25.8 Å². The normalized spacial score (nSPS) is 16.2. The van der Waals surface area contributed by atoms with E-state index < -0.39 is 0 Å². The highest BCUT2D eigenvalue weighted by atomic mass is 16.1. The Bertz CT molecular complexity index is 423. The Morgan fingerprint density at radius 3 is 2.53 bits per heavy atom. The highest BCUT2D eigenvalue weighted by molar-refractivity contribution is 5.31. The van der Waals surface area contributed by atoms with Crippen LogP contribution in [-0.4, -0.2) is 4.98 Å². The zero-order chi connectivity index (χ0) is 11.1. The van der Waals surface area contributed by atoms with Crippen molar-refractivity contribution in [1.29, 1.82) is 0 Å². The fourth-order valence-corrected chi connectivity index (χ4v) is 2.26. The Kier molecular flexibility index (Phi) is 2.45. The average Bonchev–Trinajstić information content (AvgIpc) is 2.16. The molecule has 0 aliphatic heterocycles. The summed E-state index contributed by atoms with van der Waals surface area (Å²) in [6.07, 6.45) is 6.26. The molecule has 0 saturated heterocycles. The minimum Gasteiger partial charge on any atom is -0.364 e. The zero-order valence-electron chi connectivity index (χ0n) is 9.81. The number of aryl methyl sites for hydroxylation is 1. The Labute approximate surface area is 90.7 Å². The third-order valence-electron chi connectivity index (χ3n) is 3.19. The SMILES string of the molecule is CC(C)(C)c1c[nH]c2c(c1=O)CCCC2. The molecule has 0 amide bonds. The van der Waals surface area contributed by atoms with E-state index in [9.17, 15) is 4.79 Å². The van der Waals surface area contributed by atoms with Gasteiger partial charge in [-0.3, -0.25) is 4.79 Å². The van der Waals surface area contributed by atoms with Crippen LogP contribution in [0.5, 0.6) is 0 Å². The van der Waals surface area contributed by atoms with Crippen molar-refractivity contribution in [2.24, 2.45) is 0 Å². The van der Waals surface area contributed by atoms with Crippen LogP contribution in [0.2, 0.25) is 0 Å². The molecule has 1 N–H and O–H groups in total. The summed E-state index contributed by atoms with van der Waals surface area (Å²) in [6.45, 7) is 6.27. The summed E-state index contributed by atoms with van der Waals surface area (Å²) in [6, 6.07) is 0. The van der Waals surface area contributed by atoms with Crippen LogP contribution < -0.4 is 5.43 Å². The predicted octanol–water partition coefficient (Wildman–Crippen LogP) is 2.55. The first-order chi connectivity index (χ1) is 7.00. The maximum Gasteiger partial charge on any atom is 0.188 e. The molecular formula is C13H19NO. The lowest BCUT2D eigenvalue weighted by atomic mass is 9.84. The first-order valence-electron chi connectivity index (χ1n) is 5.74. The lowest BCUT2D eigenvalue weighted by Crippen LogP contribution is -2.28. The molecule has 1 aromatic heterocycles. The number of rotatable bonds is 0. The van der Waals surface area contributed by atoms with Gasteiger partial charge in [-0.15, -0.1) is 0 Å². The predicted molar refractivity (Wildman–Crippen MR) is 62.4 cm³/mol. The molecule has 0 unspecified atom stereocenters. The lowest BCUT2D eigenvalue weighted by Gasteiger charge is -2.22. The standard InChI is InChI=1S/C13H19NO/c1-13(2,3)10-8-14-11-7-5-4-6-9(11)12(10)15/h8H,4-7H2,1-3H3,(H,14,15). The maximum absolute atomic E-state index is 12.2. The van der Waals surface area contributed by atoms with Gasteiger partial charge in [0.15, 0.2) is 5.43 Å². The molecule has 0 bridgehead atoms. The second kappa shape index (κ2) is 3.51. The van der Waals surface area contributed by atoms with Gasteiger partial charge in [0.05, 0.1) is 0 Å². The number of nitrogens with one attached hydrogen (secondary N) is 1. The van der Waals surface area contributed by atoms with E-state index in [1.807, 2.05) is 6.20 Å². The van der Waals surface area contributed by atoms with Crippen molar-refractivity contribution >= 4 is 0 Å². The third-order valence-corrected chi connectivity index (χ3v) is 3.19. The zero-order valence-corrected chi connectivity index (χ0v) is 9.81. The molecule has 0 spiro atoms. The van der Waals surface area contributed by atoms with Crippen molar-refractivity contribution in [3.63, 3.8) is 0 Å². The largest absolute Gasteiger partial charge is 0.364 e. The molecule has 15 heavy (non-hydrogen) atoms. The summed E-state index contributed by atoms with van der Waals surface area (Å²) in [4.78, 5) is 15.5. The quantitative estimate of drug-likeness (QED) is 0.693. The molecule has 82 valence electrons. The minimum absolute atomic E-state index is 0.0555. The molecule has 0 radical (unpaired) electrons. The van der Waals surface area contributed by atoms with Crippen molar-refractivity contribution in [3.8, 4) is 0 Å². The Hall–Kier alpha value is -1.05. The Morgan fingerprint density at radius 1 is 1.20 bits per heavy atom. The van der Waals surface area contributed by atoms with Crippen molar-refractivity contribution in [3.05, 3.63) is 33.2 Å². The van der Waals surface area contributed by atoms with Crippen LogP contribution in [-0.2, 0) is 18.3 Å². The number of H-pyrrole nitrogens is 1. The highest BCUT2D eigenvalue weighted by Crippen LogP contribution is 2.22. The van der Waals surface area contributed by atoms with Gasteiger partial charge in [-0.05, 0) is 31.1 Å². The second-order valence-corrected chi connectivity index (χ2v) is 5.45. The van der Waals surface area contributed by atoms with Crippen molar-refractivity contribution in [2.45, 2.75) is 51.9 Å². The van der Waals surface area contributed by atoms with Crippen LogP contribution in [0.1, 0.15) is 50.4 Å². The number of aromatic amines is 1. The Morgan fingerprint density at radius 2 is 1.87 bits per heavy atom. The van der Waals surface area contributed by atoms with Crippen LogP contribution >= 0.6 is 0 Å². The van der Waals surface area contributed by atoms with Crippen LogP contribution in [0.4, 0.5) is 0 Å². The van der Waals surface area contributed by atoms with Gasteiger partial charge in [-0.25, -0.2) is 0 Å². The molecule has 1 aliphatic carbocycles. The van der Waals surface area contributed by atoms with Crippen LogP contribution in [0.3, 0.4) is 0 Å². The molecule has 2 rings (SSSR count). The summed E-state index contributed by atoms with van der Waals surface area (Å²) in [5, 5.41) is 0. The molecule has 2 nitrogen and oxygen atoms in total. The van der Waals surface area contributed by atoms with Crippen LogP contribution in [0.25, 0.3) is 0 Å². The molecule has 0 fully saturated rings. The first-order valence-corrected chi connectivity index (χ1v) is 5.74. The molecular weight excluding hydrogens is 186 g/mol.